The highest BCUT2D eigenvalue weighted by Crippen LogP contribution is 2.33. The Bertz CT molecular complexity index is 1680. The van der Waals surface area contributed by atoms with Crippen molar-refractivity contribution in [3.05, 3.63) is 99.3 Å². The summed E-state index contributed by atoms with van der Waals surface area (Å²) in [6.07, 6.45) is -0.0667. The van der Waals surface area contributed by atoms with E-state index in [2.05, 4.69) is 4.98 Å². The molecule has 196 valence electrons. The number of ether oxygens (including phenoxy) is 1. The van der Waals surface area contributed by atoms with Crippen molar-refractivity contribution in [2.75, 3.05) is 11.5 Å². The van der Waals surface area contributed by atoms with Gasteiger partial charge in [0.1, 0.15) is 5.25 Å². The van der Waals surface area contributed by atoms with Crippen molar-refractivity contribution in [3.63, 3.8) is 0 Å². The molecule has 1 atom stereocenters. The number of thioether (sulfide) groups is 1. The normalized spacial score (nSPS) is 15.1. The molecule has 0 N–H and O–H groups in total. The van der Waals surface area contributed by atoms with E-state index < -0.39 is 29.6 Å². The Morgan fingerprint density at radius 3 is 2.36 bits per heavy atom. The van der Waals surface area contributed by atoms with E-state index in [1.807, 2.05) is 0 Å². The molecule has 9 nitrogen and oxygen atoms in total. The van der Waals surface area contributed by atoms with Gasteiger partial charge in [0.25, 0.3) is 5.56 Å². The highest BCUT2D eigenvalue weighted by atomic mass is 35.5. The van der Waals surface area contributed by atoms with Gasteiger partial charge >= 0.3 is 5.97 Å². The Hall–Kier alpha value is -4.28. The first kappa shape index (κ1) is 26.3. The van der Waals surface area contributed by atoms with Gasteiger partial charge in [-0.3, -0.25) is 23.7 Å². The summed E-state index contributed by atoms with van der Waals surface area (Å²) in [5.41, 5.74) is 1.08. The van der Waals surface area contributed by atoms with Crippen molar-refractivity contribution in [2.45, 2.75) is 16.8 Å². The van der Waals surface area contributed by atoms with E-state index in [-0.39, 0.29) is 23.3 Å². The van der Waals surface area contributed by atoms with Crippen LogP contribution >= 0.6 is 23.4 Å². The smallest absolute Gasteiger partial charge is 0.338 e. The number of hydrogen-bond donors (Lipinski definition) is 0. The number of anilines is 1. The molecule has 1 fully saturated rings. The molecule has 1 unspecified atom stereocenters. The zero-order valence-electron chi connectivity index (χ0n) is 20.5. The number of halogens is 1. The predicted octanol–water partition coefficient (Wildman–Crippen LogP) is 4.05. The van der Waals surface area contributed by atoms with Crippen LogP contribution in [0.25, 0.3) is 10.9 Å². The molecule has 4 aromatic rings. The van der Waals surface area contributed by atoms with Gasteiger partial charge < -0.3 is 4.74 Å². The summed E-state index contributed by atoms with van der Waals surface area (Å²) in [4.78, 5) is 68.8. The van der Waals surface area contributed by atoms with Crippen molar-refractivity contribution >= 4 is 63.5 Å². The molecule has 0 spiro atoms. The maximum absolute atomic E-state index is 13.2. The second kappa shape index (κ2) is 10.8. The number of imide groups is 1. The van der Waals surface area contributed by atoms with E-state index >= 15 is 0 Å². The zero-order chi connectivity index (χ0) is 27.7. The molecule has 1 aromatic heterocycles. The van der Waals surface area contributed by atoms with Crippen LogP contribution in [-0.4, -0.2) is 45.0 Å². The summed E-state index contributed by atoms with van der Waals surface area (Å²) in [6, 6.07) is 18.9. The largest absolute Gasteiger partial charge is 0.454 e. The molecule has 11 heteroatoms. The number of hydrogen-bond acceptors (Lipinski definition) is 8. The first-order chi connectivity index (χ1) is 18.7. The zero-order valence-corrected chi connectivity index (χ0v) is 22.1. The summed E-state index contributed by atoms with van der Waals surface area (Å²) in [6.45, 7) is -0.449. The van der Waals surface area contributed by atoms with Gasteiger partial charge in [-0.25, -0.2) is 14.7 Å². The van der Waals surface area contributed by atoms with Gasteiger partial charge in [0.15, 0.2) is 17.5 Å². The maximum atomic E-state index is 13.2. The summed E-state index contributed by atoms with van der Waals surface area (Å²) in [5, 5.41) is 0.519. The fourth-order valence-electron chi connectivity index (χ4n) is 4.08. The number of fused-ring (bicyclic) bond motifs is 1. The van der Waals surface area contributed by atoms with Crippen LogP contribution in [0.1, 0.15) is 27.1 Å². The molecule has 2 heterocycles. The Labute approximate surface area is 231 Å². The van der Waals surface area contributed by atoms with Gasteiger partial charge in [0.05, 0.1) is 22.2 Å². The number of rotatable bonds is 7. The highest BCUT2D eigenvalue weighted by molar-refractivity contribution is 8.00. The maximum Gasteiger partial charge on any atom is 0.338 e. The van der Waals surface area contributed by atoms with Gasteiger partial charge in [-0.2, -0.15) is 0 Å². The topological polar surface area (TPSA) is 116 Å². The molecule has 1 saturated heterocycles. The molecular weight excluding hydrogens is 542 g/mol. The third-order valence-corrected chi connectivity index (χ3v) is 7.64. The van der Waals surface area contributed by atoms with Crippen molar-refractivity contribution in [1.82, 2.24) is 9.55 Å². The number of ketones is 1. The number of Topliss-reactive ketones (excluding diaryl/α,β-unsaturated/α-hetero) is 1. The minimum absolute atomic E-state index is 0.0667. The number of amides is 2. The lowest BCUT2D eigenvalue weighted by Gasteiger charge is -2.16. The molecule has 0 bridgehead atoms. The fourth-order valence-corrected chi connectivity index (χ4v) is 5.28. The van der Waals surface area contributed by atoms with Crippen LogP contribution in [0.4, 0.5) is 5.69 Å². The average Bonchev–Trinajstić information content (AvgIpc) is 3.22. The number of para-hydroxylation sites is 1. The summed E-state index contributed by atoms with van der Waals surface area (Å²) in [5.74, 6) is -1.96. The van der Waals surface area contributed by atoms with Crippen molar-refractivity contribution in [2.24, 2.45) is 7.05 Å². The molecule has 5 rings (SSSR count). The minimum Gasteiger partial charge on any atom is -0.454 e. The summed E-state index contributed by atoms with van der Waals surface area (Å²) >= 11 is 6.88. The van der Waals surface area contributed by atoms with E-state index in [0.717, 1.165) is 16.7 Å². The van der Waals surface area contributed by atoms with Crippen LogP contribution in [0.15, 0.2) is 82.7 Å². The van der Waals surface area contributed by atoms with Crippen LogP contribution in [0.3, 0.4) is 0 Å². The quantitative estimate of drug-likeness (QED) is 0.144. The van der Waals surface area contributed by atoms with E-state index in [9.17, 15) is 24.0 Å². The number of benzene rings is 3. The van der Waals surface area contributed by atoms with E-state index in [4.69, 9.17) is 16.3 Å². The molecule has 1 aliphatic heterocycles. The van der Waals surface area contributed by atoms with Crippen molar-refractivity contribution in [1.29, 1.82) is 0 Å². The fraction of sp³-hybridized carbons (Fsp3) is 0.143. The summed E-state index contributed by atoms with van der Waals surface area (Å²) in [7, 11) is 1.57. The average molecular weight is 562 g/mol. The van der Waals surface area contributed by atoms with Gasteiger partial charge in [-0.05, 0) is 60.7 Å². The van der Waals surface area contributed by atoms with Crippen LogP contribution in [-0.2, 0) is 21.4 Å². The molecule has 0 radical (unpaired) electrons. The molecule has 2 amide bonds. The molecular formula is C28H20ClN3O6S. The second-order valence-electron chi connectivity index (χ2n) is 8.71. The minimum atomic E-state index is -0.764. The van der Waals surface area contributed by atoms with Gasteiger partial charge in [0, 0.05) is 24.1 Å². The van der Waals surface area contributed by atoms with Crippen LogP contribution in [0, 0.1) is 0 Å². The number of carbonyl (C=O) groups is 4. The Kier molecular flexibility index (Phi) is 7.32. The standard InChI is InChI=1S/C28H20ClN3O6S/c1-31-25(35)20-4-2-3-5-21(20)30-28(31)39-23-14-24(34)32(26(23)36)19-12-8-17(9-13-19)27(37)38-15-22(33)16-6-10-18(29)11-7-16/h2-13,23H,14-15H2,1H3. The van der Waals surface area contributed by atoms with E-state index in [1.54, 1.807) is 55.6 Å². The molecule has 0 aliphatic carbocycles. The lowest BCUT2D eigenvalue weighted by atomic mass is 10.1. The SMILES string of the molecule is Cn1c(SC2CC(=O)N(c3ccc(C(=O)OCC(=O)c4ccc(Cl)cc4)cc3)C2=O)nc2ccccc2c1=O. The van der Waals surface area contributed by atoms with Crippen molar-refractivity contribution < 1.29 is 23.9 Å². The lowest BCUT2D eigenvalue weighted by Crippen LogP contribution is -2.31. The van der Waals surface area contributed by atoms with Gasteiger partial charge in [0.2, 0.25) is 11.8 Å². The predicted molar refractivity (Wildman–Crippen MR) is 146 cm³/mol. The highest BCUT2D eigenvalue weighted by Gasteiger charge is 2.41. The number of esters is 1. The molecule has 0 saturated carbocycles. The number of carbonyl (C=O) groups excluding carboxylic acids is 4. The Morgan fingerprint density at radius 2 is 1.64 bits per heavy atom. The lowest BCUT2D eigenvalue weighted by molar-refractivity contribution is -0.121. The Morgan fingerprint density at radius 1 is 0.974 bits per heavy atom. The first-order valence-electron chi connectivity index (χ1n) is 11.8. The number of aromatic nitrogens is 2. The van der Waals surface area contributed by atoms with Crippen molar-refractivity contribution in [3.8, 4) is 0 Å². The monoisotopic (exact) mass is 561 g/mol. The van der Waals surface area contributed by atoms with Gasteiger partial charge in [-0.15, -0.1) is 0 Å². The van der Waals surface area contributed by atoms with Crippen LogP contribution < -0.4 is 10.5 Å². The van der Waals surface area contributed by atoms with Crippen LogP contribution in [0.5, 0.6) is 0 Å². The summed E-state index contributed by atoms with van der Waals surface area (Å²) < 4.78 is 6.48. The van der Waals surface area contributed by atoms with Gasteiger partial charge in [-0.1, -0.05) is 35.5 Å². The number of nitrogens with zero attached hydrogens (tertiary/aromatic N) is 3. The third kappa shape index (κ3) is 5.34. The third-order valence-electron chi connectivity index (χ3n) is 6.16. The van der Waals surface area contributed by atoms with E-state index in [1.165, 1.54) is 28.8 Å². The van der Waals surface area contributed by atoms with E-state index in [0.29, 0.717) is 32.3 Å². The molecule has 39 heavy (non-hydrogen) atoms. The first-order valence-corrected chi connectivity index (χ1v) is 13.0. The molecule has 3 aromatic carbocycles. The Balaban J connectivity index is 1.26. The molecule has 1 aliphatic rings. The second-order valence-corrected chi connectivity index (χ2v) is 10.3. The van der Waals surface area contributed by atoms with Crippen LogP contribution in [0.2, 0.25) is 5.02 Å².